The van der Waals surface area contributed by atoms with Crippen molar-refractivity contribution in [3.63, 3.8) is 0 Å². The summed E-state index contributed by atoms with van der Waals surface area (Å²) >= 11 is 0. The molecule has 1 atom stereocenters. The van der Waals surface area contributed by atoms with Gasteiger partial charge in [0.25, 0.3) is 5.91 Å². The molecule has 1 aliphatic heterocycles. The van der Waals surface area contributed by atoms with Crippen LogP contribution in [-0.2, 0) is 4.79 Å². The Morgan fingerprint density at radius 2 is 2.13 bits per heavy atom. The number of nitrogens with zero attached hydrogens (tertiary/aromatic N) is 3. The fraction of sp³-hybridized carbons (Fsp3) is 0.312. The Morgan fingerprint density at radius 1 is 1.30 bits per heavy atom. The second-order valence-electron chi connectivity index (χ2n) is 5.15. The third-order valence-electron chi connectivity index (χ3n) is 3.50. The molecule has 6 nitrogen and oxygen atoms in total. The summed E-state index contributed by atoms with van der Waals surface area (Å²) in [5, 5.41) is 0. The van der Waals surface area contributed by atoms with Crippen molar-refractivity contribution < 1.29 is 18.7 Å². The number of amides is 1. The lowest BCUT2D eigenvalue weighted by atomic mass is 10.3. The van der Waals surface area contributed by atoms with Crippen molar-refractivity contribution in [1.29, 1.82) is 0 Å². The van der Waals surface area contributed by atoms with Gasteiger partial charge >= 0.3 is 0 Å². The smallest absolute Gasteiger partial charge is 0.260 e. The molecule has 1 aromatic carbocycles. The van der Waals surface area contributed by atoms with Crippen molar-refractivity contribution in [2.45, 2.75) is 12.5 Å². The first-order chi connectivity index (χ1) is 11.2. The summed E-state index contributed by atoms with van der Waals surface area (Å²) in [5.41, 5.74) is 0. The Morgan fingerprint density at radius 3 is 2.87 bits per heavy atom. The zero-order valence-electron chi connectivity index (χ0n) is 12.4. The van der Waals surface area contributed by atoms with Crippen LogP contribution >= 0.6 is 0 Å². The van der Waals surface area contributed by atoms with Gasteiger partial charge in [-0.2, -0.15) is 0 Å². The van der Waals surface area contributed by atoms with Crippen molar-refractivity contribution in [2.24, 2.45) is 0 Å². The summed E-state index contributed by atoms with van der Waals surface area (Å²) in [5.74, 6) is 0.451. The van der Waals surface area contributed by atoms with Crippen molar-refractivity contribution >= 4 is 5.91 Å². The molecular formula is C16H16FN3O3. The Labute approximate surface area is 132 Å². The summed E-state index contributed by atoms with van der Waals surface area (Å²) in [6, 6.07) is 5.57. The predicted octanol–water partition coefficient (Wildman–Crippen LogP) is 1.67. The maximum Gasteiger partial charge on any atom is 0.260 e. The summed E-state index contributed by atoms with van der Waals surface area (Å²) in [6.07, 6.45) is 5.32. The number of benzene rings is 1. The molecule has 1 unspecified atom stereocenters. The molecule has 0 aliphatic carbocycles. The second-order valence-corrected chi connectivity index (χ2v) is 5.15. The molecule has 1 amide bonds. The number of likely N-dealkylation sites (tertiary alicyclic amines) is 1. The fourth-order valence-electron chi connectivity index (χ4n) is 2.34. The number of hydrogen-bond acceptors (Lipinski definition) is 5. The van der Waals surface area contributed by atoms with Crippen LogP contribution in [0.3, 0.4) is 0 Å². The van der Waals surface area contributed by atoms with E-state index in [-0.39, 0.29) is 24.4 Å². The van der Waals surface area contributed by atoms with Crippen LogP contribution in [0.25, 0.3) is 0 Å². The van der Waals surface area contributed by atoms with Gasteiger partial charge in [-0.25, -0.2) is 9.37 Å². The number of halogens is 1. The number of aromatic nitrogens is 2. The molecule has 7 heteroatoms. The van der Waals surface area contributed by atoms with Crippen LogP contribution < -0.4 is 9.47 Å². The third kappa shape index (κ3) is 4.15. The van der Waals surface area contributed by atoms with Crippen LogP contribution in [0.2, 0.25) is 0 Å². The zero-order valence-corrected chi connectivity index (χ0v) is 12.4. The van der Waals surface area contributed by atoms with Crippen LogP contribution in [0.15, 0.2) is 42.9 Å². The minimum absolute atomic E-state index is 0.0799. The molecule has 2 aromatic rings. The lowest BCUT2D eigenvalue weighted by molar-refractivity contribution is -0.132. The van der Waals surface area contributed by atoms with Crippen LogP contribution in [0.4, 0.5) is 4.39 Å². The van der Waals surface area contributed by atoms with Crippen LogP contribution in [-0.4, -0.2) is 46.6 Å². The zero-order chi connectivity index (χ0) is 16.1. The van der Waals surface area contributed by atoms with Gasteiger partial charge in [0.05, 0.1) is 12.7 Å². The predicted molar refractivity (Wildman–Crippen MR) is 79.5 cm³/mol. The molecule has 3 rings (SSSR count). The Balaban J connectivity index is 1.46. The standard InChI is InChI=1S/C16H16FN3O3/c17-12-1-3-13(4-2-12)22-11-16(21)20-8-5-14(10-20)23-15-9-18-6-7-19-15/h1-4,6-7,9,14H,5,8,10-11H2. The molecule has 1 saturated heterocycles. The van der Waals surface area contributed by atoms with E-state index in [0.717, 1.165) is 6.42 Å². The van der Waals surface area contributed by atoms with Gasteiger partial charge in [-0.1, -0.05) is 0 Å². The van der Waals surface area contributed by atoms with Gasteiger partial charge in [-0.05, 0) is 24.3 Å². The number of carbonyl (C=O) groups excluding carboxylic acids is 1. The van der Waals surface area contributed by atoms with Gasteiger partial charge in [0, 0.05) is 25.4 Å². The lowest BCUT2D eigenvalue weighted by Crippen LogP contribution is -2.34. The Hall–Kier alpha value is -2.70. The van der Waals surface area contributed by atoms with Crippen LogP contribution in [0.1, 0.15) is 6.42 Å². The molecule has 1 fully saturated rings. The second kappa shape index (κ2) is 7.04. The van der Waals surface area contributed by atoms with Gasteiger partial charge < -0.3 is 14.4 Å². The first-order valence-electron chi connectivity index (χ1n) is 7.29. The van der Waals surface area contributed by atoms with E-state index in [4.69, 9.17) is 9.47 Å². The quantitative estimate of drug-likeness (QED) is 0.839. The summed E-state index contributed by atoms with van der Waals surface area (Å²) < 4.78 is 23.8. The summed E-state index contributed by atoms with van der Waals surface area (Å²) in [4.78, 5) is 21.8. The molecule has 0 bridgehead atoms. The highest BCUT2D eigenvalue weighted by molar-refractivity contribution is 5.78. The average molecular weight is 317 g/mol. The fourth-order valence-corrected chi connectivity index (χ4v) is 2.34. The van der Waals surface area contributed by atoms with E-state index < -0.39 is 0 Å². The van der Waals surface area contributed by atoms with Crippen molar-refractivity contribution in [3.8, 4) is 11.6 Å². The van der Waals surface area contributed by atoms with Crippen molar-refractivity contribution in [3.05, 3.63) is 48.7 Å². The monoisotopic (exact) mass is 317 g/mol. The van der Waals surface area contributed by atoms with Crippen LogP contribution in [0, 0.1) is 5.82 Å². The number of ether oxygens (including phenoxy) is 2. The number of rotatable bonds is 5. The van der Waals surface area contributed by atoms with E-state index in [2.05, 4.69) is 9.97 Å². The van der Waals surface area contributed by atoms with E-state index >= 15 is 0 Å². The highest BCUT2D eigenvalue weighted by atomic mass is 19.1. The number of hydrogen-bond donors (Lipinski definition) is 0. The molecule has 120 valence electrons. The molecule has 0 spiro atoms. The summed E-state index contributed by atoms with van der Waals surface area (Å²) in [6.45, 7) is 1.02. The van der Waals surface area contributed by atoms with Gasteiger partial charge in [0.15, 0.2) is 6.61 Å². The molecule has 0 saturated carbocycles. The Bertz CT molecular complexity index is 651. The molecule has 2 heterocycles. The van der Waals surface area contributed by atoms with E-state index in [1.807, 2.05) is 0 Å². The molecule has 1 aromatic heterocycles. The van der Waals surface area contributed by atoms with E-state index in [1.54, 1.807) is 23.5 Å². The molecule has 0 N–H and O–H groups in total. The third-order valence-corrected chi connectivity index (χ3v) is 3.50. The first kappa shape index (κ1) is 15.2. The Kier molecular flexibility index (Phi) is 4.65. The normalized spacial score (nSPS) is 17.1. The summed E-state index contributed by atoms with van der Waals surface area (Å²) in [7, 11) is 0. The van der Waals surface area contributed by atoms with Gasteiger partial charge in [-0.3, -0.25) is 9.78 Å². The van der Waals surface area contributed by atoms with Gasteiger partial charge in [-0.15, -0.1) is 0 Å². The van der Waals surface area contributed by atoms with Crippen molar-refractivity contribution in [1.82, 2.24) is 14.9 Å². The van der Waals surface area contributed by atoms with E-state index in [9.17, 15) is 9.18 Å². The molecule has 1 aliphatic rings. The van der Waals surface area contributed by atoms with E-state index in [0.29, 0.717) is 24.7 Å². The van der Waals surface area contributed by atoms with E-state index in [1.165, 1.54) is 24.3 Å². The SMILES string of the molecule is O=C(COc1ccc(F)cc1)N1CCC(Oc2cnccn2)C1. The van der Waals surface area contributed by atoms with Gasteiger partial charge in [0.1, 0.15) is 17.7 Å². The maximum atomic E-state index is 12.8. The molecule has 0 radical (unpaired) electrons. The number of carbonyl (C=O) groups is 1. The van der Waals surface area contributed by atoms with Gasteiger partial charge in [0.2, 0.25) is 5.88 Å². The average Bonchev–Trinajstić information content (AvgIpc) is 3.03. The lowest BCUT2D eigenvalue weighted by Gasteiger charge is -2.17. The minimum Gasteiger partial charge on any atom is -0.484 e. The topological polar surface area (TPSA) is 64.5 Å². The first-order valence-corrected chi connectivity index (χ1v) is 7.29. The maximum absolute atomic E-state index is 12.8. The van der Waals surface area contributed by atoms with Crippen LogP contribution in [0.5, 0.6) is 11.6 Å². The highest BCUT2D eigenvalue weighted by Crippen LogP contribution is 2.16. The largest absolute Gasteiger partial charge is 0.484 e. The van der Waals surface area contributed by atoms with Crippen molar-refractivity contribution in [2.75, 3.05) is 19.7 Å². The highest BCUT2D eigenvalue weighted by Gasteiger charge is 2.28. The molecule has 23 heavy (non-hydrogen) atoms. The molecular weight excluding hydrogens is 301 g/mol. The minimum atomic E-state index is -0.341.